The van der Waals surface area contributed by atoms with E-state index in [1.807, 2.05) is 11.8 Å². The fraction of sp³-hybridized carbons (Fsp3) is 0.571. The Morgan fingerprint density at radius 1 is 1.16 bits per heavy atom. The summed E-state index contributed by atoms with van der Waals surface area (Å²) in [5.74, 6) is 2.12. The van der Waals surface area contributed by atoms with Gasteiger partial charge in [0, 0.05) is 6.54 Å². The molecule has 0 aliphatic rings. The second-order valence-corrected chi connectivity index (χ2v) is 7.02. The highest BCUT2D eigenvalue weighted by Gasteiger charge is 2.07. The van der Waals surface area contributed by atoms with E-state index in [1.54, 1.807) is 7.11 Å². The number of hydrogen-bond acceptors (Lipinski definition) is 3. The van der Waals surface area contributed by atoms with E-state index in [1.165, 1.54) is 30.6 Å². The summed E-state index contributed by atoms with van der Waals surface area (Å²) in [6.07, 6.45) is 6.04. The molecule has 0 saturated carbocycles. The number of hydrogen-bond donors (Lipinski definition) is 1. The molecule has 0 bridgehead atoms. The molecule has 0 amide bonds. The molecule has 0 aliphatic carbocycles. The van der Waals surface area contributed by atoms with Gasteiger partial charge in [-0.15, -0.1) is 0 Å². The first-order chi connectivity index (χ1) is 9.19. The average Bonchev–Trinajstić information content (AvgIpc) is 2.37. The molecule has 0 unspecified atom stereocenters. The minimum atomic E-state index is 0.848. The zero-order chi connectivity index (χ0) is 14.1. The quantitative estimate of drug-likeness (QED) is 0.588. The van der Waals surface area contributed by atoms with Gasteiger partial charge in [-0.3, -0.25) is 0 Å². The van der Waals surface area contributed by atoms with Crippen molar-refractivity contribution in [2.75, 3.05) is 25.7 Å². The number of unbranched alkanes of at least 4 members (excludes halogenated alkanes) is 2. The zero-order valence-electron chi connectivity index (χ0n) is 11.5. The van der Waals surface area contributed by atoms with E-state index < -0.39 is 0 Å². The summed E-state index contributed by atoms with van der Waals surface area (Å²) in [6, 6.07) is 4.20. The standard InChI is InChI=1S/C14H21Br2NOS/c1-18-14-12(15)8-11(9-13(14)16)10-17-6-4-3-5-7-19-2/h8-9,17H,3-7,10H2,1-2H3. The van der Waals surface area contributed by atoms with Crippen molar-refractivity contribution >= 4 is 43.6 Å². The van der Waals surface area contributed by atoms with Crippen molar-refractivity contribution in [3.8, 4) is 5.75 Å². The number of nitrogens with one attached hydrogen (secondary N) is 1. The molecule has 0 aromatic heterocycles. The van der Waals surface area contributed by atoms with Crippen molar-refractivity contribution in [2.24, 2.45) is 0 Å². The highest BCUT2D eigenvalue weighted by molar-refractivity contribution is 9.11. The van der Waals surface area contributed by atoms with Crippen molar-refractivity contribution in [3.63, 3.8) is 0 Å². The van der Waals surface area contributed by atoms with Crippen LogP contribution in [0.4, 0.5) is 0 Å². The molecule has 0 radical (unpaired) electrons. The molecule has 0 spiro atoms. The molecular weight excluding hydrogens is 390 g/mol. The third kappa shape index (κ3) is 6.52. The molecule has 0 saturated heterocycles. The second-order valence-electron chi connectivity index (χ2n) is 4.32. The predicted octanol–water partition coefficient (Wildman–Crippen LogP) is 4.84. The molecule has 0 atom stereocenters. The van der Waals surface area contributed by atoms with E-state index in [4.69, 9.17) is 4.74 Å². The van der Waals surface area contributed by atoms with Crippen LogP contribution in [0.2, 0.25) is 0 Å². The number of benzene rings is 1. The Morgan fingerprint density at radius 3 is 2.42 bits per heavy atom. The molecule has 0 aliphatic heterocycles. The van der Waals surface area contributed by atoms with Gasteiger partial charge in [0.15, 0.2) is 0 Å². The minimum Gasteiger partial charge on any atom is -0.494 e. The molecule has 2 nitrogen and oxygen atoms in total. The summed E-state index contributed by atoms with van der Waals surface area (Å²) >= 11 is 8.97. The summed E-state index contributed by atoms with van der Waals surface area (Å²) in [6.45, 7) is 1.97. The van der Waals surface area contributed by atoms with Gasteiger partial charge in [0.05, 0.1) is 16.1 Å². The highest BCUT2D eigenvalue weighted by atomic mass is 79.9. The maximum atomic E-state index is 5.30. The van der Waals surface area contributed by atoms with Crippen molar-refractivity contribution < 1.29 is 4.74 Å². The van der Waals surface area contributed by atoms with Crippen LogP contribution >= 0.6 is 43.6 Å². The fourth-order valence-corrected chi connectivity index (χ4v) is 3.91. The van der Waals surface area contributed by atoms with Crippen LogP contribution in [0.3, 0.4) is 0 Å². The van der Waals surface area contributed by atoms with Crippen LogP contribution < -0.4 is 10.1 Å². The molecule has 0 fully saturated rings. The van der Waals surface area contributed by atoms with Gasteiger partial charge in [-0.25, -0.2) is 0 Å². The molecule has 1 N–H and O–H groups in total. The smallest absolute Gasteiger partial charge is 0.147 e. The Morgan fingerprint density at radius 2 is 1.84 bits per heavy atom. The van der Waals surface area contributed by atoms with Gasteiger partial charge >= 0.3 is 0 Å². The van der Waals surface area contributed by atoms with Gasteiger partial charge in [0.25, 0.3) is 0 Å². The van der Waals surface area contributed by atoms with Crippen molar-refractivity contribution in [1.29, 1.82) is 0 Å². The van der Waals surface area contributed by atoms with Crippen LogP contribution in [0.1, 0.15) is 24.8 Å². The Labute approximate surface area is 137 Å². The van der Waals surface area contributed by atoms with E-state index in [-0.39, 0.29) is 0 Å². The van der Waals surface area contributed by atoms with Crippen LogP contribution in [0.15, 0.2) is 21.1 Å². The van der Waals surface area contributed by atoms with Crippen LogP contribution in [0, 0.1) is 0 Å². The van der Waals surface area contributed by atoms with Crippen LogP contribution in [-0.2, 0) is 6.54 Å². The summed E-state index contributed by atoms with van der Waals surface area (Å²) in [5.41, 5.74) is 1.25. The van der Waals surface area contributed by atoms with Crippen LogP contribution in [-0.4, -0.2) is 25.7 Å². The predicted molar refractivity (Wildman–Crippen MR) is 92.3 cm³/mol. The Kier molecular flexibility index (Phi) is 9.20. The number of rotatable bonds is 9. The summed E-state index contributed by atoms with van der Waals surface area (Å²) in [4.78, 5) is 0. The first-order valence-corrected chi connectivity index (χ1v) is 9.38. The second kappa shape index (κ2) is 10.1. The van der Waals surface area contributed by atoms with E-state index in [0.29, 0.717) is 0 Å². The largest absolute Gasteiger partial charge is 0.494 e. The average molecular weight is 411 g/mol. The summed E-state index contributed by atoms with van der Waals surface area (Å²) in [7, 11) is 1.68. The lowest BCUT2D eigenvalue weighted by Crippen LogP contribution is -2.14. The number of methoxy groups -OCH3 is 1. The summed E-state index contributed by atoms with van der Waals surface area (Å²) in [5, 5.41) is 3.48. The fourth-order valence-electron chi connectivity index (χ4n) is 1.82. The lowest BCUT2D eigenvalue weighted by atomic mass is 10.2. The molecular formula is C14H21Br2NOS. The van der Waals surface area contributed by atoms with Gasteiger partial charge in [-0.1, -0.05) is 6.42 Å². The lowest BCUT2D eigenvalue weighted by Gasteiger charge is -2.10. The van der Waals surface area contributed by atoms with Crippen molar-refractivity contribution in [2.45, 2.75) is 25.8 Å². The van der Waals surface area contributed by atoms with E-state index in [9.17, 15) is 0 Å². The molecule has 1 aromatic rings. The van der Waals surface area contributed by atoms with Gasteiger partial charge in [0.2, 0.25) is 0 Å². The van der Waals surface area contributed by atoms with Gasteiger partial charge < -0.3 is 10.1 Å². The topological polar surface area (TPSA) is 21.3 Å². The Hall–Kier alpha value is 0.290. The summed E-state index contributed by atoms with van der Waals surface area (Å²) < 4.78 is 7.27. The molecule has 1 aromatic carbocycles. The SMILES string of the molecule is COc1c(Br)cc(CNCCCCCSC)cc1Br. The minimum absolute atomic E-state index is 0.848. The van der Waals surface area contributed by atoms with Crippen molar-refractivity contribution in [1.82, 2.24) is 5.32 Å². The number of halogens is 2. The van der Waals surface area contributed by atoms with Gasteiger partial charge in [-0.2, -0.15) is 11.8 Å². The van der Waals surface area contributed by atoms with Crippen molar-refractivity contribution in [3.05, 3.63) is 26.6 Å². The third-order valence-corrected chi connectivity index (χ3v) is 4.67. The third-order valence-electron chi connectivity index (χ3n) is 2.79. The van der Waals surface area contributed by atoms with E-state index in [0.717, 1.165) is 27.8 Å². The molecule has 108 valence electrons. The first-order valence-electron chi connectivity index (χ1n) is 6.40. The van der Waals surface area contributed by atoms with E-state index >= 15 is 0 Å². The first kappa shape index (κ1) is 17.3. The van der Waals surface area contributed by atoms with E-state index in [2.05, 4.69) is 55.6 Å². The van der Waals surface area contributed by atoms with Crippen LogP contribution in [0.5, 0.6) is 5.75 Å². The molecule has 1 rings (SSSR count). The van der Waals surface area contributed by atoms with Crippen LogP contribution in [0.25, 0.3) is 0 Å². The highest BCUT2D eigenvalue weighted by Crippen LogP contribution is 2.34. The molecule has 0 heterocycles. The molecule has 5 heteroatoms. The maximum absolute atomic E-state index is 5.30. The maximum Gasteiger partial charge on any atom is 0.147 e. The lowest BCUT2D eigenvalue weighted by molar-refractivity contribution is 0.409. The Bertz CT molecular complexity index is 365. The monoisotopic (exact) mass is 409 g/mol. The van der Waals surface area contributed by atoms with Gasteiger partial charge in [-0.05, 0) is 81.0 Å². The number of ether oxygens (including phenoxy) is 1. The normalized spacial score (nSPS) is 10.7. The Balaban J connectivity index is 2.30. The molecule has 19 heavy (non-hydrogen) atoms. The zero-order valence-corrected chi connectivity index (χ0v) is 15.5. The number of thioether (sulfide) groups is 1. The van der Waals surface area contributed by atoms with Gasteiger partial charge in [0.1, 0.15) is 5.75 Å².